The fourth-order valence-corrected chi connectivity index (χ4v) is 1.39. The summed E-state index contributed by atoms with van der Waals surface area (Å²) >= 11 is 5.79. The summed E-state index contributed by atoms with van der Waals surface area (Å²) in [6.45, 7) is 2.89. The van der Waals surface area contributed by atoms with Crippen molar-refractivity contribution in [1.29, 1.82) is 0 Å². The molecule has 0 N–H and O–H groups in total. The first-order chi connectivity index (χ1) is 10.1. The quantitative estimate of drug-likeness (QED) is 0.550. The summed E-state index contributed by atoms with van der Waals surface area (Å²) in [5.74, 6) is 0.442. The number of rotatable bonds is 11. The molecule has 1 aromatic rings. The average Bonchev–Trinajstić information content (AvgIpc) is 2.45. The lowest BCUT2D eigenvalue weighted by Gasteiger charge is -2.11. The van der Waals surface area contributed by atoms with Gasteiger partial charge in [0, 0.05) is 21.2 Å². The zero-order valence-electron chi connectivity index (χ0n) is 12.5. The Balaban J connectivity index is 2.15. The van der Waals surface area contributed by atoms with Gasteiger partial charge in [-0.15, -0.1) is 0 Å². The maximum Gasteiger partial charge on any atom is 0.322 e. The van der Waals surface area contributed by atoms with E-state index in [0.717, 1.165) is 0 Å². The highest BCUT2D eigenvalue weighted by molar-refractivity contribution is 6.28. The second-order valence-corrected chi connectivity index (χ2v) is 4.49. The number of hydrogen-bond acceptors (Lipinski definition) is 8. The Labute approximate surface area is 129 Å². The Kier molecular flexibility index (Phi) is 8.91. The molecular formula is C12H21ClN4O4. The number of aromatic nitrogens is 3. The van der Waals surface area contributed by atoms with Gasteiger partial charge in [0.25, 0.3) is 0 Å². The van der Waals surface area contributed by atoms with Crippen LogP contribution in [0.25, 0.3) is 0 Å². The molecule has 0 bridgehead atoms. The molecule has 0 atom stereocenters. The lowest BCUT2D eigenvalue weighted by Crippen LogP contribution is -2.16. The summed E-state index contributed by atoms with van der Waals surface area (Å²) in [6.07, 6.45) is 0. The molecule has 0 unspecified atom stereocenters. The molecule has 21 heavy (non-hydrogen) atoms. The third-order valence-electron chi connectivity index (χ3n) is 2.24. The van der Waals surface area contributed by atoms with Gasteiger partial charge in [0.05, 0.1) is 33.0 Å². The van der Waals surface area contributed by atoms with E-state index in [1.54, 1.807) is 12.0 Å². The zero-order chi connectivity index (χ0) is 15.5. The van der Waals surface area contributed by atoms with Gasteiger partial charge in [-0.2, -0.15) is 15.0 Å². The van der Waals surface area contributed by atoms with Crippen LogP contribution in [-0.2, 0) is 14.2 Å². The summed E-state index contributed by atoms with van der Waals surface area (Å²) < 4.78 is 20.8. The van der Waals surface area contributed by atoms with E-state index in [9.17, 15) is 0 Å². The van der Waals surface area contributed by atoms with Gasteiger partial charge < -0.3 is 23.8 Å². The monoisotopic (exact) mass is 320 g/mol. The van der Waals surface area contributed by atoms with Gasteiger partial charge in [-0.1, -0.05) is 0 Å². The molecule has 0 spiro atoms. The van der Waals surface area contributed by atoms with E-state index in [-0.39, 0.29) is 11.3 Å². The van der Waals surface area contributed by atoms with Crippen LogP contribution in [0.2, 0.25) is 5.28 Å². The fraction of sp³-hybridized carbons (Fsp3) is 0.750. The van der Waals surface area contributed by atoms with Crippen LogP contribution < -0.4 is 9.64 Å². The lowest BCUT2D eigenvalue weighted by molar-refractivity contribution is 0.0173. The maximum absolute atomic E-state index is 5.79. The topological polar surface area (TPSA) is 78.8 Å². The number of hydrogen-bond donors (Lipinski definition) is 0. The summed E-state index contributed by atoms with van der Waals surface area (Å²) in [5, 5.41) is 0.0937. The maximum atomic E-state index is 5.79. The first-order valence-corrected chi connectivity index (χ1v) is 6.87. The van der Waals surface area contributed by atoms with Crippen molar-refractivity contribution >= 4 is 17.5 Å². The van der Waals surface area contributed by atoms with Crippen LogP contribution in [-0.4, -0.2) is 75.8 Å². The van der Waals surface area contributed by atoms with Crippen molar-refractivity contribution < 1.29 is 18.9 Å². The third-order valence-corrected chi connectivity index (χ3v) is 2.41. The predicted octanol–water partition coefficient (Wildman–Crippen LogP) is 0.649. The molecule has 1 aromatic heterocycles. The standard InChI is InChI=1S/C12H21ClN4O4/c1-17(2)11-14-10(13)15-12(16-11)21-9-8-20-7-6-19-5-4-18-3/h4-9H2,1-3H3. The Hall–Kier alpha value is -1.22. The van der Waals surface area contributed by atoms with Gasteiger partial charge in [0.15, 0.2) is 0 Å². The Bertz CT molecular complexity index is 409. The molecule has 0 amide bonds. The fourth-order valence-electron chi connectivity index (χ4n) is 1.24. The highest BCUT2D eigenvalue weighted by Gasteiger charge is 2.07. The van der Waals surface area contributed by atoms with E-state index in [2.05, 4.69) is 15.0 Å². The second-order valence-electron chi connectivity index (χ2n) is 4.15. The van der Waals surface area contributed by atoms with E-state index < -0.39 is 0 Å². The summed E-state index contributed by atoms with van der Waals surface area (Å²) in [5.41, 5.74) is 0. The van der Waals surface area contributed by atoms with Crippen molar-refractivity contribution in [3.63, 3.8) is 0 Å². The van der Waals surface area contributed by atoms with Crippen molar-refractivity contribution in [1.82, 2.24) is 15.0 Å². The van der Waals surface area contributed by atoms with Crippen LogP contribution in [0.3, 0.4) is 0 Å². The molecule has 0 aliphatic rings. The van der Waals surface area contributed by atoms with E-state index in [1.807, 2.05) is 14.1 Å². The molecule has 0 saturated heterocycles. The SMILES string of the molecule is COCCOCCOCCOc1nc(Cl)nc(N(C)C)n1. The normalized spacial score (nSPS) is 10.7. The van der Waals surface area contributed by atoms with E-state index in [1.165, 1.54) is 0 Å². The van der Waals surface area contributed by atoms with Crippen LogP contribution in [0.5, 0.6) is 6.01 Å². The van der Waals surface area contributed by atoms with E-state index >= 15 is 0 Å². The number of anilines is 1. The molecule has 1 heterocycles. The minimum absolute atomic E-state index is 0.0937. The molecular weight excluding hydrogens is 300 g/mol. The molecule has 0 fully saturated rings. The second kappa shape index (κ2) is 10.5. The lowest BCUT2D eigenvalue weighted by atomic mass is 10.7. The number of ether oxygens (including phenoxy) is 4. The van der Waals surface area contributed by atoms with Crippen LogP contribution in [0.15, 0.2) is 0 Å². The molecule has 120 valence electrons. The third kappa shape index (κ3) is 7.96. The van der Waals surface area contributed by atoms with Crippen molar-refractivity contribution in [2.45, 2.75) is 0 Å². The smallest absolute Gasteiger partial charge is 0.322 e. The highest BCUT2D eigenvalue weighted by atomic mass is 35.5. The number of methoxy groups -OCH3 is 1. The molecule has 0 saturated carbocycles. The first kappa shape index (κ1) is 17.8. The summed E-state index contributed by atoms with van der Waals surface area (Å²) in [6, 6.07) is 0.179. The molecule has 0 aliphatic carbocycles. The van der Waals surface area contributed by atoms with Gasteiger partial charge in [0.1, 0.15) is 6.61 Å². The largest absolute Gasteiger partial charge is 0.461 e. The van der Waals surface area contributed by atoms with Gasteiger partial charge in [0.2, 0.25) is 11.2 Å². The molecule has 9 heteroatoms. The Morgan fingerprint density at radius 3 is 2.14 bits per heavy atom. The molecule has 1 rings (SSSR count). The van der Waals surface area contributed by atoms with Crippen LogP contribution in [0.4, 0.5) is 5.95 Å². The average molecular weight is 321 g/mol. The minimum Gasteiger partial charge on any atom is -0.461 e. The van der Waals surface area contributed by atoms with Gasteiger partial charge >= 0.3 is 6.01 Å². The molecule has 8 nitrogen and oxygen atoms in total. The van der Waals surface area contributed by atoms with Gasteiger partial charge in [-0.3, -0.25) is 0 Å². The molecule has 0 aliphatic heterocycles. The van der Waals surface area contributed by atoms with Crippen LogP contribution in [0.1, 0.15) is 0 Å². The summed E-state index contributed by atoms with van der Waals surface area (Å²) in [4.78, 5) is 13.7. The molecule has 0 aromatic carbocycles. The van der Waals surface area contributed by atoms with E-state index in [4.69, 9.17) is 30.5 Å². The zero-order valence-corrected chi connectivity index (χ0v) is 13.3. The van der Waals surface area contributed by atoms with Gasteiger partial charge in [-0.05, 0) is 11.6 Å². The minimum atomic E-state index is 0.0937. The highest BCUT2D eigenvalue weighted by Crippen LogP contribution is 2.12. The number of nitrogens with zero attached hydrogens (tertiary/aromatic N) is 4. The van der Waals surface area contributed by atoms with Crippen LogP contribution in [0, 0.1) is 0 Å². The Morgan fingerprint density at radius 2 is 1.52 bits per heavy atom. The van der Waals surface area contributed by atoms with Gasteiger partial charge in [-0.25, -0.2) is 0 Å². The van der Waals surface area contributed by atoms with Crippen molar-refractivity contribution in [2.75, 3.05) is 65.7 Å². The summed E-state index contributed by atoms with van der Waals surface area (Å²) in [7, 11) is 5.25. The van der Waals surface area contributed by atoms with Crippen molar-refractivity contribution in [2.24, 2.45) is 0 Å². The van der Waals surface area contributed by atoms with Crippen LogP contribution >= 0.6 is 11.6 Å². The first-order valence-electron chi connectivity index (χ1n) is 6.49. The van der Waals surface area contributed by atoms with Crippen molar-refractivity contribution in [3.05, 3.63) is 5.28 Å². The predicted molar refractivity (Wildman–Crippen MR) is 78.2 cm³/mol. The molecule has 0 radical (unpaired) electrons. The van der Waals surface area contributed by atoms with E-state index in [0.29, 0.717) is 45.6 Å². The Morgan fingerprint density at radius 1 is 0.905 bits per heavy atom. The van der Waals surface area contributed by atoms with Crippen molar-refractivity contribution in [3.8, 4) is 6.01 Å². The number of halogens is 1.